The number of carbonyl (C=O) groups excluding carboxylic acids is 1. The fraction of sp³-hybridized carbons (Fsp3) is 0.600. The van der Waals surface area contributed by atoms with Crippen LogP contribution in [0.15, 0.2) is 11.2 Å². The number of carbonyl (C=O) groups is 1. The summed E-state index contributed by atoms with van der Waals surface area (Å²) in [7, 11) is -2.64. The summed E-state index contributed by atoms with van der Waals surface area (Å²) in [4.78, 5) is 11.6. The summed E-state index contributed by atoms with van der Waals surface area (Å²) in [5, 5.41) is 14.5. The number of esters is 1. The first kappa shape index (κ1) is 15.6. The van der Waals surface area contributed by atoms with Crippen molar-refractivity contribution in [2.45, 2.75) is 24.9 Å². The van der Waals surface area contributed by atoms with Crippen LogP contribution in [0.5, 0.6) is 0 Å². The van der Waals surface area contributed by atoms with Crippen molar-refractivity contribution >= 4 is 16.0 Å². The van der Waals surface area contributed by atoms with E-state index in [0.29, 0.717) is 0 Å². The maximum Gasteiger partial charge on any atom is 0.342 e. The van der Waals surface area contributed by atoms with Gasteiger partial charge in [0.25, 0.3) is 10.0 Å². The number of nitrogens with zero attached hydrogens (tertiary/aromatic N) is 2. The highest BCUT2D eigenvalue weighted by Gasteiger charge is 2.31. The van der Waals surface area contributed by atoms with Crippen molar-refractivity contribution in [1.29, 1.82) is 0 Å². The van der Waals surface area contributed by atoms with Gasteiger partial charge in [-0.1, -0.05) is 0 Å². The summed E-state index contributed by atoms with van der Waals surface area (Å²) in [6, 6.07) is -0.622. The van der Waals surface area contributed by atoms with Gasteiger partial charge in [-0.3, -0.25) is 5.10 Å². The highest BCUT2D eigenvalue weighted by atomic mass is 32.2. The second-order valence-electron chi connectivity index (χ2n) is 3.89. The van der Waals surface area contributed by atoms with Crippen molar-refractivity contribution in [3.63, 3.8) is 0 Å². The smallest absolute Gasteiger partial charge is 0.342 e. The average molecular weight is 291 g/mol. The second-order valence-corrected chi connectivity index (χ2v) is 5.82. The molecule has 108 valence electrons. The molecule has 1 heterocycles. The van der Waals surface area contributed by atoms with Crippen LogP contribution in [0.1, 0.15) is 24.2 Å². The molecule has 0 spiro atoms. The molecule has 8 nitrogen and oxygen atoms in total. The van der Waals surface area contributed by atoms with E-state index in [0.717, 1.165) is 10.5 Å². The number of ether oxygens (including phenoxy) is 1. The zero-order valence-corrected chi connectivity index (χ0v) is 11.8. The largest absolute Gasteiger partial charge is 0.462 e. The molecule has 0 saturated heterocycles. The van der Waals surface area contributed by atoms with E-state index >= 15 is 0 Å². The number of aliphatic hydroxyl groups excluding tert-OH is 1. The van der Waals surface area contributed by atoms with E-state index in [9.17, 15) is 13.2 Å². The zero-order chi connectivity index (χ0) is 14.6. The highest BCUT2D eigenvalue weighted by molar-refractivity contribution is 7.89. The van der Waals surface area contributed by atoms with Crippen molar-refractivity contribution < 1.29 is 23.1 Å². The van der Waals surface area contributed by atoms with E-state index in [1.54, 1.807) is 6.92 Å². The first-order chi connectivity index (χ1) is 8.86. The van der Waals surface area contributed by atoms with Crippen molar-refractivity contribution in [1.82, 2.24) is 14.5 Å². The molecular weight excluding hydrogens is 274 g/mol. The molecule has 1 aromatic rings. The minimum atomic E-state index is -3.95. The van der Waals surface area contributed by atoms with Crippen LogP contribution in [0.2, 0.25) is 0 Å². The minimum absolute atomic E-state index is 0.131. The van der Waals surface area contributed by atoms with Gasteiger partial charge in [0.2, 0.25) is 0 Å². The maximum atomic E-state index is 12.3. The van der Waals surface area contributed by atoms with Crippen LogP contribution in [0, 0.1) is 0 Å². The maximum absolute atomic E-state index is 12.3. The van der Waals surface area contributed by atoms with Crippen molar-refractivity contribution in [2.24, 2.45) is 0 Å². The van der Waals surface area contributed by atoms with E-state index in [-0.39, 0.29) is 23.8 Å². The summed E-state index contributed by atoms with van der Waals surface area (Å²) in [6.45, 7) is 2.95. The molecule has 1 aromatic heterocycles. The molecule has 0 radical (unpaired) electrons. The van der Waals surface area contributed by atoms with E-state index in [4.69, 9.17) is 9.84 Å². The first-order valence-corrected chi connectivity index (χ1v) is 7.09. The molecule has 0 amide bonds. The van der Waals surface area contributed by atoms with Crippen LogP contribution in [0.4, 0.5) is 0 Å². The van der Waals surface area contributed by atoms with Gasteiger partial charge in [-0.2, -0.15) is 9.40 Å². The van der Waals surface area contributed by atoms with Gasteiger partial charge >= 0.3 is 5.97 Å². The number of hydrogen-bond donors (Lipinski definition) is 2. The summed E-state index contributed by atoms with van der Waals surface area (Å²) < 4.78 is 30.2. The van der Waals surface area contributed by atoms with Gasteiger partial charge in [0, 0.05) is 13.1 Å². The van der Waals surface area contributed by atoms with Crippen molar-refractivity contribution in [2.75, 3.05) is 20.3 Å². The lowest BCUT2D eigenvalue weighted by molar-refractivity contribution is 0.0521. The van der Waals surface area contributed by atoms with Gasteiger partial charge in [0.15, 0.2) is 5.03 Å². The number of aromatic amines is 1. The van der Waals surface area contributed by atoms with Gasteiger partial charge < -0.3 is 9.84 Å². The molecule has 1 rings (SSSR count). The Morgan fingerprint density at radius 2 is 2.26 bits per heavy atom. The molecule has 0 aliphatic carbocycles. The third-order valence-electron chi connectivity index (χ3n) is 2.62. The van der Waals surface area contributed by atoms with Crippen LogP contribution in [0.3, 0.4) is 0 Å². The fourth-order valence-electron chi connectivity index (χ4n) is 1.32. The van der Waals surface area contributed by atoms with E-state index in [1.165, 1.54) is 14.0 Å². The minimum Gasteiger partial charge on any atom is -0.462 e. The SMILES string of the molecule is CCOC(=O)c1cn[nH]c1S(=O)(=O)N(C)C(C)CO. The number of aliphatic hydroxyl groups is 1. The normalized spacial score (nSPS) is 13.5. The monoisotopic (exact) mass is 291 g/mol. The number of likely N-dealkylation sites (N-methyl/N-ethyl adjacent to an activating group) is 1. The summed E-state index contributed by atoms with van der Waals surface area (Å²) in [6.07, 6.45) is 1.10. The van der Waals surface area contributed by atoms with Crippen LogP contribution in [0.25, 0.3) is 0 Å². The molecule has 1 unspecified atom stereocenters. The number of nitrogens with one attached hydrogen (secondary N) is 1. The Morgan fingerprint density at radius 1 is 1.63 bits per heavy atom. The van der Waals surface area contributed by atoms with Crippen molar-refractivity contribution in [3.05, 3.63) is 11.8 Å². The summed E-state index contributed by atoms with van der Waals surface area (Å²) in [5.41, 5.74) is -0.154. The lowest BCUT2D eigenvalue weighted by Gasteiger charge is -2.21. The van der Waals surface area contributed by atoms with Gasteiger partial charge in [0.05, 0.1) is 19.4 Å². The molecule has 0 saturated carbocycles. The number of hydrogen-bond acceptors (Lipinski definition) is 6. The van der Waals surface area contributed by atoms with Gasteiger partial charge in [-0.25, -0.2) is 13.2 Å². The Balaban J connectivity index is 3.16. The molecule has 0 aliphatic rings. The Kier molecular flexibility index (Phi) is 5.04. The lowest BCUT2D eigenvalue weighted by Crippen LogP contribution is -2.38. The summed E-state index contributed by atoms with van der Waals surface area (Å²) >= 11 is 0. The quantitative estimate of drug-likeness (QED) is 0.689. The molecule has 1 atom stereocenters. The Morgan fingerprint density at radius 3 is 2.79 bits per heavy atom. The van der Waals surface area contributed by atoms with Crippen molar-refractivity contribution in [3.8, 4) is 0 Å². The van der Waals surface area contributed by atoms with Crippen LogP contribution in [-0.2, 0) is 14.8 Å². The van der Waals surface area contributed by atoms with Gasteiger partial charge in [-0.15, -0.1) is 0 Å². The lowest BCUT2D eigenvalue weighted by atomic mass is 10.4. The molecule has 9 heteroatoms. The topological polar surface area (TPSA) is 113 Å². The van der Waals surface area contributed by atoms with Gasteiger partial charge in [-0.05, 0) is 13.8 Å². The Bertz CT molecular complexity index is 539. The Hall–Kier alpha value is -1.45. The average Bonchev–Trinajstić information content (AvgIpc) is 2.87. The number of sulfonamides is 1. The molecule has 0 fully saturated rings. The standard InChI is InChI=1S/C10H17N3O5S/c1-4-18-10(15)8-5-11-12-9(8)19(16,17)13(3)7(2)6-14/h5,7,14H,4,6H2,1-3H3,(H,11,12). The van der Waals surface area contributed by atoms with E-state index in [2.05, 4.69) is 10.2 Å². The number of H-pyrrole nitrogens is 1. The zero-order valence-electron chi connectivity index (χ0n) is 11.0. The van der Waals surface area contributed by atoms with Crippen LogP contribution in [-0.4, -0.2) is 60.3 Å². The second kappa shape index (κ2) is 6.13. The van der Waals surface area contributed by atoms with Crippen LogP contribution < -0.4 is 0 Å². The predicted octanol–water partition coefficient (Wildman–Crippen LogP) is -0.412. The van der Waals surface area contributed by atoms with Crippen LogP contribution >= 0.6 is 0 Å². The van der Waals surface area contributed by atoms with E-state index in [1.807, 2.05) is 0 Å². The molecule has 0 bridgehead atoms. The van der Waals surface area contributed by atoms with Gasteiger partial charge in [0.1, 0.15) is 5.56 Å². The third-order valence-corrected chi connectivity index (χ3v) is 4.57. The summed E-state index contributed by atoms with van der Waals surface area (Å²) in [5.74, 6) is -0.764. The number of rotatable bonds is 6. The highest BCUT2D eigenvalue weighted by Crippen LogP contribution is 2.19. The fourth-order valence-corrected chi connectivity index (χ4v) is 2.73. The molecule has 0 aromatic carbocycles. The third kappa shape index (κ3) is 3.11. The predicted molar refractivity (Wildman–Crippen MR) is 66.0 cm³/mol. The first-order valence-electron chi connectivity index (χ1n) is 5.65. The molecule has 19 heavy (non-hydrogen) atoms. The molecule has 2 N–H and O–H groups in total. The number of aromatic nitrogens is 2. The Labute approximate surface area is 111 Å². The van der Waals surface area contributed by atoms with E-state index < -0.39 is 22.0 Å². The molecular formula is C10H17N3O5S. The molecule has 0 aliphatic heterocycles.